The molecule has 1 aromatic heterocycles. The average Bonchev–Trinajstić information content (AvgIpc) is 2.89. The van der Waals surface area contributed by atoms with Gasteiger partial charge in [-0.3, -0.25) is 0 Å². The third-order valence-corrected chi connectivity index (χ3v) is 4.07. The Morgan fingerprint density at radius 2 is 2.00 bits per heavy atom. The van der Waals surface area contributed by atoms with E-state index in [-0.39, 0.29) is 6.61 Å². The monoisotopic (exact) mass is 251 g/mol. The van der Waals surface area contributed by atoms with Crippen LogP contribution in [0.25, 0.3) is 0 Å². The summed E-state index contributed by atoms with van der Waals surface area (Å²) in [6.07, 6.45) is 8.09. The summed E-state index contributed by atoms with van der Waals surface area (Å²) in [4.78, 5) is 0. The molecule has 0 saturated heterocycles. The molecule has 0 radical (unpaired) electrons. The number of nitrogens with one attached hydrogen (secondary N) is 1. The summed E-state index contributed by atoms with van der Waals surface area (Å²) in [7, 11) is 0. The van der Waals surface area contributed by atoms with E-state index in [1.165, 1.54) is 38.5 Å². The molecule has 18 heavy (non-hydrogen) atoms. The maximum absolute atomic E-state index is 8.96. The smallest absolute Gasteiger partial charge is 0.129 e. The maximum Gasteiger partial charge on any atom is 0.129 e. The molecule has 1 saturated carbocycles. The first-order chi connectivity index (χ1) is 8.83. The van der Waals surface area contributed by atoms with Gasteiger partial charge < -0.3 is 14.8 Å². The Bertz CT molecular complexity index is 342. The van der Waals surface area contributed by atoms with Gasteiger partial charge >= 0.3 is 0 Å². The molecule has 0 aromatic carbocycles. The number of aliphatic hydroxyl groups is 1. The fourth-order valence-corrected chi connectivity index (χ4v) is 3.01. The van der Waals surface area contributed by atoms with Gasteiger partial charge in [0.1, 0.15) is 18.1 Å². The van der Waals surface area contributed by atoms with E-state index in [1.54, 1.807) is 0 Å². The first-order valence-corrected chi connectivity index (χ1v) is 7.25. The van der Waals surface area contributed by atoms with Crippen molar-refractivity contribution in [3.05, 3.63) is 23.7 Å². The van der Waals surface area contributed by atoms with Gasteiger partial charge in [-0.15, -0.1) is 0 Å². The number of furan rings is 1. The van der Waals surface area contributed by atoms with Crippen molar-refractivity contribution in [3.8, 4) is 0 Å². The second kappa shape index (κ2) is 6.95. The van der Waals surface area contributed by atoms with Gasteiger partial charge in [0.05, 0.1) is 6.54 Å². The van der Waals surface area contributed by atoms with E-state index >= 15 is 0 Å². The first-order valence-electron chi connectivity index (χ1n) is 7.25. The van der Waals surface area contributed by atoms with Crippen LogP contribution in [0.2, 0.25) is 0 Å². The van der Waals surface area contributed by atoms with Crippen LogP contribution in [0, 0.1) is 5.92 Å². The predicted molar refractivity (Wildman–Crippen MR) is 72.1 cm³/mol. The number of rotatable bonds is 6. The van der Waals surface area contributed by atoms with Gasteiger partial charge in [0.15, 0.2) is 0 Å². The Hall–Kier alpha value is -0.800. The van der Waals surface area contributed by atoms with Crippen LogP contribution < -0.4 is 5.32 Å². The number of hydrogen-bond donors (Lipinski definition) is 2. The average molecular weight is 251 g/mol. The minimum atomic E-state index is -0.0141. The van der Waals surface area contributed by atoms with Crippen LogP contribution in [0.1, 0.15) is 57.0 Å². The van der Waals surface area contributed by atoms with Crippen LogP contribution in [-0.2, 0) is 13.2 Å². The summed E-state index contributed by atoms with van der Waals surface area (Å²) >= 11 is 0. The van der Waals surface area contributed by atoms with Crippen LogP contribution in [0.4, 0.5) is 0 Å². The molecule has 0 aliphatic heterocycles. The Morgan fingerprint density at radius 3 is 2.61 bits per heavy atom. The highest BCUT2D eigenvalue weighted by Gasteiger charge is 2.21. The molecule has 1 aromatic rings. The van der Waals surface area contributed by atoms with E-state index < -0.39 is 0 Å². The molecule has 2 rings (SSSR count). The molecule has 0 amide bonds. The third-order valence-electron chi connectivity index (χ3n) is 4.07. The summed E-state index contributed by atoms with van der Waals surface area (Å²) in [5.41, 5.74) is 0. The topological polar surface area (TPSA) is 45.4 Å². The van der Waals surface area contributed by atoms with Crippen molar-refractivity contribution in [1.82, 2.24) is 5.32 Å². The van der Waals surface area contributed by atoms with Gasteiger partial charge in [-0.1, -0.05) is 26.2 Å². The minimum Gasteiger partial charge on any atom is -0.462 e. The van der Waals surface area contributed by atoms with Crippen LogP contribution in [0.3, 0.4) is 0 Å². The van der Waals surface area contributed by atoms with Gasteiger partial charge in [0.2, 0.25) is 0 Å². The van der Waals surface area contributed by atoms with E-state index in [1.807, 2.05) is 12.1 Å². The molecule has 3 nitrogen and oxygen atoms in total. The Balaban J connectivity index is 1.82. The summed E-state index contributed by atoms with van der Waals surface area (Å²) in [5, 5.41) is 12.6. The zero-order chi connectivity index (χ0) is 12.8. The molecular weight excluding hydrogens is 226 g/mol. The normalized spacial score (nSPS) is 19.0. The van der Waals surface area contributed by atoms with E-state index in [2.05, 4.69) is 12.2 Å². The lowest BCUT2D eigenvalue weighted by atomic mass is 9.83. The van der Waals surface area contributed by atoms with Gasteiger partial charge in [-0.2, -0.15) is 0 Å². The number of aliphatic hydroxyl groups excluding tert-OH is 1. The quantitative estimate of drug-likeness (QED) is 0.816. The minimum absolute atomic E-state index is 0.0141. The highest BCUT2D eigenvalue weighted by atomic mass is 16.4. The second-order valence-electron chi connectivity index (χ2n) is 5.32. The summed E-state index contributed by atoms with van der Waals surface area (Å²) < 4.78 is 5.50. The highest BCUT2D eigenvalue weighted by Crippen LogP contribution is 2.27. The Morgan fingerprint density at radius 1 is 1.28 bits per heavy atom. The van der Waals surface area contributed by atoms with Crippen molar-refractivity contribution < 1.29 is 9.52 Å². The van der Waals surface area contributed by atoms with E-state index in [9.17, 15) is 0 Å². The first kappa shape index (κ1) is 13.6. The zero-order valence-corrected chi connectivity index (χ0v) is 11.3. The molecule has 0 bridgehead atoms. The number of hydrogen-bond acceptors (Lipinski definition) is 3. The molecule has 1 aliphatic carbocycles. The van der Waals surface area contributed by atoms with Crippen molar-refractivity contribution in [1.29, 1.82) is 0 Å². The molecule has 1 heterocycles. The standard InChI is InChI=1S/C15H25NO2/c1-2-15(12-6-4-3-5-7-12)16-10-13-8-9-14(11-17)18-13/h8-9,12,15-17H,2-7,10-11H2,1H3. The lowest BCUT2D eigenvalue weighted by Gasteiger charge is -2.30. The van der Waals surface area contributed by atoms with E-state index in [0.717, 1.165) is 18.2 Å². The van der Waals surface area contributed by atoms with Gasteiger partial charge in [0.25, 0.3) is 0 Å². The maximum atomic E-state index is 8.96. The summed E-state index contributed by atoms with van der Waals surface area (Å²) in [5.74, 6) is 2.40. The molecule has 102 valence electrons. The highest BCUT2D eigenvalue weighted by molar-refractivity contribution is 5.06. The third kappa shape index (κ3) is 3.59. The molecule has 1 unspecified atom stereocenters. The molecular formula is C15H25NO2. The van der Waals surface area contributed by atoms with E-state index in [4.69, 9.17) is 9.52 Å². The Labute approximate surface area is 110 Å². The second-order valence-corrected chi connectivity index (χ2v) is 5.32. The SMILES string of the molecule is CCC(NCc1ccc(CO)o1)C1CCCCC1. The summed E-state index contributed by atoms with van der Waals surface area (Å²) in [6.45, 7) is 3.02. The molecule has 1 fully saturated rings. The molecule has 0 spiro atoms. The van der Waals surface area contributed by atoms with Gasteiger partial charge in [-0.05, 0) is 37.3 Å². The van der Waals surface area contributed by atoms with Crippen LogP contribution >= 0.6 is 0 Å². The molecule has 1 aliphatic rings. The van der Waals surface area contributed by atoms with E-state index in [0.29, 0.717) is 11.8 Å². The molecule has 1 atom stereocenters. The largest absolute Gasteiger partial charge is 0.462 e. The lowest BCUT2D eigenvalue weighted by Crippen LogP contribution is -2.36. The van der Waals surface area contributed by atoms with Gasteiger partial charge in [0, 0.05) is 6.04 Å². The zero-order valence-electron chi connectivity index (χ0n) is 11.3. The van der Waals surface area contributed by atoms with Crippen molar-refractivity contribution in [2.75, 3.05) is 0 Å². The predicted octanol–water partition coefficient (Wildman–Crippen LogP) is 3.22. The van der Waals surface area contributed by atoms with Crippen LogP contribution in [0.15, 0.2) is 16.5 Å². The lowest BCUT2D eigenvalue weighted by molar-refractivity contribution is 0.236. The van der Waals surface area contributed by atoms with Gasteiger partial charge in [-0.25, -0.2) is 0 Å². The summed E-state index contributed by atoms with van der Waals surface area (Å²) in [6, 6.07) is 4.40. The van der Waals surface area contributed by atoms with Crippen molar-refractivity contribution in [2.45, 2.75) is 64.6 Å². The van der Waals surface area contributed by atoms with Crippen LogP contribution in [-0.4, -0.2) is 11.1 Å². The fraction of sp³-hybridized carbons (Fsp3) is 0.733. The van der Waals surface area contributed by atoms with Crippen molar-refractivity contribution in [2.24, 2.45) is 5.92 Å². The van der Waals surface area contributed by atoms with Crippen molar-refractivity contribution >= 4 is 0 Å². The van der Waals surface area contributed by atoms with Crippen LogP contribution in [0.5, 0.6) is 0 Å². The molecule has 2 N–H and O–H groups in total. The Kier molecular flexibility index (Phi) is 5.26. The van der Waals surface area contributed by atoms with Crippen molar-refractivity contribution in [3.63, 3.8) is 0 Å². The fourth-order valence-electron chi connectivity index (χ4n) is 3.01. The molecule has 3 heteroatoms.